The van der Waals surface area contributed by atoms with Crippen molar-refractivity contribution < 1.29 is 0 Å². The van der Waals surface area contributed by atoms with Crippen LogP contribution in [0, 0.1) is 0 Å². The molecule has 0 bridgehead atoms. The minimum atomic E-state index is 0.639. The fourth-order valence-electron chi connectivity index (χ4n) is 15.0. The first kappa shape index (κ1) is 64.3. The first-order chi connectivity index (χ1) is 53.5. The maximum Gasteiger partial charge on any atom is 0.164 e. The molecule has 20 rings (SSSR count). The number of para-hydroxylation sites is 2. The van der Waals surface area contributed by atoms with Gasteiger partial charge in [-0.2, -0.15) is 0 Å². The largest absolute Gasteiger partial charge is 0.247 e. The standard InChI is InChI=1S/C52H34N4.C49H31N3/c1-4-14-35(15-5-1)36-26-30-38(31-27-36)49-46-24-13-23-44(48(46)45-22-10-11-25-47(45)53-49)43-21-12-20-42(34-43)37-28-32-41(33-29-37)52-55-50(39-16-6-2-7-17-39)54-51(56-52)40-18-8-3-9-19-40;1-3-10-32(11-4-1)33-18-24-37(25-19-33)47-42-16-9-15-40(46(42)41-14-7-8-17-45(41)52-47)34-20-22-36(23-21-34)44-31-29-39-27-26-38-28-30-43(35-12-5-2-6-13-35)50-48(38)49(39)51-44/h1-34H;1-31H. The number of aromatic nitrogens is 7. The van der Waals surface area contributed by atoms with Crippen molar-refractivity contribution in [3.05, 3.63) is 394 Å². The molecule has 0 radical (unpaired) electrons. The topological polar surface area (TPSA) is 90.2 Å². The SMILES string of the molecule is c1ccc(-c2ccc(-c3nc4ccccc4c4c(-c5ccc(-c6ccc7ccc8ccc(-c9ccccc9)nc8c7n6)cc5)cccc34)cc2)cc1.c1ccc(-c2ccc(-c3nc4ccccc4c4c(-c5cccc(-c6ccc(-c7nc(-c8ccccc8)nc(-c8ccccc8)n7)cc6)c5)cccc34)cc2)cc1. The van der Waals surface area contributed by atoms with Crippen LogP contribution in [-0.4, -0.2) is 34.9 Å². The molecule has 5 heterocycles. The lowest BCUT2D eigenvalue weighted by Gasteiger charge is -2.15. The Labute approximate surface area is 625 Å². The summed E-state index contributed by atoms with van der Waals surface area (Å²) < 4.78 is 0. The highest BCUT2D eigenvalue weighted by atomic mass is 15.0. The molecule has 504 valence electrons. The Hall–Kier alpha value is -14.5. The third kappa shape index (κ3) is 12.5. The summed E-state index contributed by atoms with van der Waals surface area (Å²) in [6.07, 6.45) is 0. The smallest absolute Gasteiger partial charge is 0.164 e. The van der Waals surface area contributed by atoms with E-state index in [-0.39, 0.29) is 0 Å². The average Bonchev–Trinajstić information content (AvgIpc) is 0.752. The molecule has 7 heteroatoms. The van der Waals surface area contributed by atoms with Crippen LogP contribution < -0.4 is 0 Å². The molecule has 108 heavy (non-hydrogen) atoms. The van der Waals surface area contributed by atoms with Gasteiger partial charge < -0.3 is 0 Å². The highest BCUT2D eigenvalue weighted by molar-refractivity contribution is 6.19. The summed E-state index contributed by atoms with van der Waals surface area (Å²) in [6, 6.07) is 138. The summed E-state index contributed by atoms with van der Waals surface area (Å²) in [5.41, 5.74) is 26.5. The van der Waals surface area contributed by atoms with Crippen molar-refractivity contribution in [2.24, 2.45) is 0 Å². The lowest BCUT2D eigenvalue weighted by atomic mass is 9.91. The van der Waals surface area contributed by atoms with Gasteiger partial charge in [0.2, 0.25) is 0 Å². The van der Waals surface area contributed by atoms with Gasteiger partial charge in [-0.15, -0.1) is 0 Å². The summed E-state index contributed by atoms with van der Waals surface area (Å²) in [4.78, 5) is 35.5. The van der Waals surface area contributed by atoms with Gasteiger partial charge in [0, 0.05) is 82.0 Å². The van der Waals surface area contributed by atoms with Crippen LogP contribution in [0.5, 0.6) is 0 Å². The van der Waals surface area contributed by atoms with Gasteiger partial charge in [0.1, 0.15) is 0 Å². The number of nitrogens with zero attached hydrogens (tertiary/aromatic N) is 7. The predicted octanol–water partition coefficient (Wildman–Crippen LogP) is 26.1. The van der Waals surface area contributed by atoms with Crippen molar-refractivity contribution >= 4 is 65.2 Å². The summed E-state index contributed by atoms with van der Waals surface area (Å²) in [7, 11) is 0. The molecule has 0 saturated heterocycles. The molecule has 5 aromatic heterocycles. The number of benzene rings is 15. The van der Waals surface area contributed by atoms with E-state index in [1.165, 1.54) is 44.2 Å². The van der Waals surface area contributed by atoms with E-state index in [1.54, 1.807) is 0 Å². The average molecular weight is 1380 g/mol. The molecule has 0 aliphatic heterocycles. The van der Waals surface area contributed by atoms with Crippen LogP contribution in [0.4, 0.5) is 0 Å². The van der Waals surface area contributed by atoms with E-state index < -0.39 is 0 Å². The molecular formula is C101H65N7. The fraction of sp³-hybridized carbons (Fsp3) is 0. The monoisotopic (exact) mass is 1380 g/mol. The number of hydrogen-bond donors (Lipinski definition) is 0. The maximum atomic E-state index is 5.24. The van der Waals surface area contributed by atoms with Crippen molar-refractivity contribution in [2.75, 3.05) is 0 Å². The number of pyridine rings is 4. The van der Waals surface area contributed by atoms with Crippen LogP contribution in [-0.2, 0) is 0 Å². The molecule has 0 spiro atoms. The van der Waals surface area contributed by atoms with E-state index in [9.17, 15) is 0 Å². The minimum absolute atomic E-state index is 0.639. The Bertz CT molecular complexity index is 6660. The molecule has 0 amide bonds. The predicted molar refractivity (Wildman–Crippen MR) is 448 cm³/mol. The second-order valence-corrected chi connectivity index (χ2v) is 27.0. The maximum absolute atomic E-state index is 5.24. The van der Waals surface area contributed by atoms with Crippen molar-refractivity contribution in [1.29, 1.82) is 0 Å². The Morgan fingerprint density at radius 1 is 0.157 bits per heavy atom. The van der Waals surface area contributed by atoms with Crippen LogP contribution in [0.1, 0.15) is 0 Å². The second kappa shape index (κ2) is 28.3. The first-order valence-corrected chi connectivity index (χ1v) is 36.4. The lowest BCUT2D eigenvalue weighted by molar-refractivity contribution is 1.07. The van der Waals surface area contributed by atoms with E-state index >= 15 is 0 Å². The zero-order valence-electron chi connectivity index (χ0n) is 58.7. The second-order valence-electron chi connectivity index (χ2n) is 27.0. The molecule has 0 aliphatic rings. The minimum Gasteiger partial charge on any atom is -0.247 e. The van der Waals surface area contributed by atoms with Gasteiger partial charge in [0.05, 0.1) is 44.8 Å². The molecule has 0 N–H and O–H groups in total. The van der Waals surface area contributed by atoms with Crippen molar-refractivity contribution in [3.63, 3.8) is 0 Å². The highest BCUT2D eigenvalue weighted by Crippen LogP contribution is 2.43. The van der Waals surface area contributed by atoms with Crippen molar-refractivity contribution in [1.82, 2.24) is 34.9 Å². The van der Waals surface area contributed by atoms with Crippen molar-refractivity contribution in [3.8, 4) is 135 Å². The van der Waals surface area contributed by atoms with E-state index in [2.05, 4.69) is 309 Å². The van der Waals surface area contributed by atoms with Gasteiger partial charge >= 0.3 is 0 Å². The molecule has 7 nitrogen and oxygen atoms in total. The lowest BCUT2D eigenvalue weighted by Crippen LogP contribution is -2.00. The van der Waals surface area contributed by atoms with Gasteiger partial charge in [0.25, 0.3) is 0 Å². The summed E-state index contributed by atoms with van der Waals surface area (Å²) in [5, 5.41) is 9.11. The molecule has 0 atom stereocenters. The number of rotatable bonds is 12. The van der Waals surface area contributed by atoms with E-state index in [0.29, 0.717) is 17.5 Å². The van der Waals surface area contributed by atoms with Crippen LogP contribution in [0.3, 0.4) is 0 Å². The van der Waals surface area contributed by atoms with E-state index in [1.807, 2.05) is 84.9 Å². The van der Waals surface area contributed by atoms with Crippen molar-refractivity contribution in [2.45, 2.75) is 0 Å². The zero-order chi connectivity index (χ0) is 71.7. The highest BCUT2D eigenvalue weighted by Gasteiger charge is 2.20. The van der Waals surface area contributed by atoms with Crippen LogP contribution >= 0.6 is 0 Å². The fourth-order valence-corrected chi connectivity index (χ4v) is 15.0. The Morgan fingerprint density at radius 2 is 0.444 bits per heavy atom. The van der Waals surface area contributed by atoms with E-state index in [4.69, 9.17) is 34.9 Å². The first-order valence-electron chi connectivity index (χ1n) is 36.4. The number of fused-ring (bicyclic) bond motifs is 9. The van der Waals surface area contributed by atoms with Gasteiger partial charge in [0.15, 0.2) is 17.5 Å². The molecular weight excluding hydrogens is 1310 g/mol. The van der Waals surface area contributed by atoms with Gasteiger partial charge in [-0.1, -0.05) is 364 Å². The molecule has 0 saturated carbocycles. The molecule has 0 fully saturated rings. The Morgan fingerprint density at radius 3 is 0.898 bits per heavy atom. The molecule has 15 aromatic carbocycles. The van der Waals surface area contributed by atoms with Crippen LogP contribution in [0.2, 0.25) is 0 Å². The number of hydrogen-bond acceptors (Lipinski definition) is 7. The van der Waals surface area contributed by atoms with Crippen LogP contribution in [0.25, 0.3) is 200 Å². The molecule has 0 aliphatic carbocycles. The zero-order valence-corrected chi connectivity index (χ0v) is 58.7. The summed E-state index contributed by atoms with van der Waals surface area (Å²) in [6.45, 7) is 0. The summed E-state index contributed by atoms with van der Waals surface area (Å²) in [5.74, 6) is 1.94. The Kier molecular flexibility index (Phi) is 16.8. The van der Waals surface area contributed by atoms with Gasteiger partial charge in [-0.05, 0) is 86.0 Å². The summed E-state index contributed by atoms with van der Waals surface area (Å²) >= 11 is 0. The van der Waals surface area contributed by atoms with Crippen LogP contribution in [0.15, 0.2) is 394 Å². The third-order valence-corrected chi connectivity index (χ3v) is 20.4. The normalized spacial score (nSPS) is 11.3. The van der Waals surface area contributed by atoms with Gasteiger partial charge in [-0.25, -0.2) is 34.9 Å². The quantitative estimate of drug-likeness (QED) is 0.113. The van der Waals surface area contributed by atoms with E-state index in [0.717, 1.165) is 138 Å². The Balaban J connectivity index is 0.000000147. The van der Waals surface area contributed by atoms with Gasteiger partial charge in [-0.3, -0.25) is 0 Å². The molecule has 20 aromatic rings. The molecule has 0 unspecified atom stereocenters. The third-order valence-electron chi connectivity index (χ3n) is 20.4.